The minimum Gasteiger partial charge on any atom is -0.335 e. The minimum absolute atomic E-state index is 0.266. The minimum atomic E-state index is 0.266. The summed E-state index contributed by atoms with van der Waals surface area (Å²) in [5.41, 5.74) is 6.61. The molecule has 0 saturated heterocycles. The molecule has 98 valence electrons. The number of hydrogen-bond acceptors (Lipinski definition) is 3. The normalized spacial score (nSPS) is 14.5. The molecule has 1 aliphatic rings. The number of carbonyl (C=O) groups is 1. The molecular formula is C14H21N3O. The molecule has 1 saturated carbocycles. The lowest BCUT2D eigenvalue weighted by molar-refractivity contribution is -0.132. The maximum Gasteiger partial charge on any atom is 0.223 e. The van der Waals surface area contributed by atoms with Gasteiger partial charge in [0.1, 0.15) is 0 Å². The van der Waals surface area contributed by atoms with E-state index in [1.54, 1.807) is 12.4 Å². The Bertz CT molecular complexity index is 376. The number of nitrogens with two attached hydrogens (primary N) is 1. The molecular weight excluding hydrogens is 226 g/mol. The van der Waals surface area contributed by atoms with E-state index in [1.807, 2.05) is 17.0 Å². The lowest BCUT2D eigenvalue weighted by Gasteiger charge is -2.22. The van der Waals surface area contributed by atoms with Crippen LogP contribution in [0.5, 0.6) is 0 Å². The SMILES string of the molecule is NCCCCC(=O)N(Cc1ccncc1)C1CC1. The Labute approximate surface area is 108 Å². The summed E-state index contributed by atoms with van der Waals surface area (Å²) in [5.74, 6) is 0.266. The monoisotopic (exact) mass is 247 g/mol. The standard InChI is InChI=1S/C14H21N3O/c15-8-2-1-3-14(18)17(13-4-5-13)11-12-6-9-16-10-7-12/h6-7,9-10,13H,1-5,8,11,15H2. The second kappa shape index (κ2) is 6.50. The molecule has 0 radical (unpaired) electrons. The molecule has 2 N–H and O–H groups in total. The number of pyridine rings is 1. The molecule has 4 nitrogen and oxygen atoms in total. The van der Waals surface area contributed by atoms with Crippen molar-refractivity contribution in [3.05, 3.63) is 30.1 Å². The highest BCUT2D eigenvalue weighted by molar-refractivity contribution is 5.76. The zero-order valence-electron chi connectivity index (χ0n) is 10.7. The summed E-state index contributed by atoms with van der Waals surface area (Å²) >= 11 is 0. The maximum absolute atomic E-state index is 12.2. The Morgan fingerprint density at radius 1 is 1.33 bits per heavy atom. The number of carbonyl (C=O) groups excluding carboxylic acids is 1. The molecule has 1 fully saturated rings. The van der Waals surface area contributed by atoms with E-state index < -0.39 is 0 Å². The third-order valence-electron chi connectivity index (χ3n) is 3.26. The Morgan fingerprint density at radius 2 is 2.06 bits per heavy atom. The summed E-state index contributed by atoms with van der Waals surface area (Å²) in [6.45, 7) is 1.38. The number of rotatable bonds is 7. The van der Waals surface area contributed by atoms with Crippen LogP contribution in [0.1, 0.15) is 37.7 Å². The Kier molecular flexibility index (Phi) is 4.70. The van der Waals surface area contributed by atoms with Crippen LogP contribution in [-0.4, -0.2) is 28.4 Å². The van der Waals surface area contributed by atoms with Crippen LogP contribution in [0.15, 0.2) is 24.5 Å². The van der Waals surface area contributed by atoms with E-state index in [0.717, 1.165) is 31.2 Å². The van der Waals surface area contributed by atoms with E-state index >= 15 is 0 Å². The first-order valence-electron chi connectivity index (χ1n) is 6.69. The molecule has 2 rings (SSSR count). The average molecular weight is 247 g/mol. The number of nitrogens with zero attached hydrogens (tertiary/aromatic N) is 2. The highest BCUT2D eigenvalue weighted by Crippen LogP contribution is 2.29. The highest BCUT2D eigenvalue weighted by atomic mass is 16.2. The lowest BCUT2D eigenvalue weighted by atomic mass is 10.2. The third kappa shape index (κ3) is 3.81. The predicted molar refractivity (Wildman–Crippen MR) is 70.7 cm³/mol. The van der Waals surface area contributed by atoms with Crippen LogP contribution < -0.4 is 5.73 Å². The van der Waals surface area contributed by atoms with Crippen molar-refractivity contribution in [1.82, 2.24) is 9.88 Å². The van der Waals surface area contributed by atoms with Crippen molar-refractivity contribution < 1.29 is 4.79 Å². The molecule has 18 heavy (non-hydrogen) atoms. The molecule has 0 atom stereocenters. The van der Waals surface area contributed by atoms with Gasteiger partial charge in [-0.25, -0.2) is 0 Å². The average Bonchev–Trinajstić information content (AvgIpc) is 3.21. The van der Waals surface area contributed by atoms with E-state index in [-0.39, 0.29) is 5.91 Å². The fourth-order valence-electron chi connectivity index (χ4n) is 2.06. The molecule has 1 aromatic heterocycles. The van der Waals surface area contributed by atoms with Crippen LogP contribution in [0.3, 0.4) is 0 Å². The van der Waals surface area contributed by atoms with Crippen molar-refractivity contribution in [3.8, 4) is 0 Å². The van der Waals surface area contributed by atoms with E-state index in [9.17, 15) is 4.79 Å². The molecule has 0 aromatic carbocycles. The first kappa shape index (κ1) is 13.0. The van der Waals surface area contributed by atoms with Gasteiger partial charge in [0.25, 0.3) is 0 Å². The van der Waals surface area contributed by atoms with Gasteiger partial charge in [-0.3, -0.25) is 9.78 Å². The summed E-state index contributed by atoms with van der Waals surface area (Å²) in [4.78, 5) is 18.2. The van der Waals surface area contributed by atoms with E-state index in [4.69, 9.17) is 5.73 Å². The van der Waals surface area contributed by atoms with Gasteiger partial charge in [-0.05, 0) is 49.9 Å². The molecule has 0 bridgehead atoms. The fourth-order valence-corrected chi connectivity index (χ4v) is 2.06. The third-order valence-corrected chi connectivity index (χ3v) is 3.26. The highest BCUT2D eigenvalue weighted by Gasteiger charge is 2.31. The van der Waals surface area contributed by atoms with Gasteiger partial charge in [0.2, 0.25) is 5.91 Å². The first-order valence-corrected chi connectivity index (χ1v) is 6.69. The zero-order chi connectivity index (χ0) is 12.8. The Balaban J connectivity index is 1.89. The van der Waals surface area contributed by atoms with Gasteiger partial charge in [0.15, 0.2) is 0 Å². The van der Waals surface area contributed by atoms with Crippen LogP contribution in [0.4, 0.5) is 0 Å². The molecule has 1 heterocycles. The van der Waals surface area contributed by atoms with Crippen molar-refractivity contribution in [2.75, 3.05) is 6.54 Å². The largest absolute Gasteiger partial charge is 0.335 e. The zero-order valence-corrected chi connectivity index (χ0v) is 10.7. The molecule has 1 aromatic rings. The molecule has 0 unspecified atom stereocenters. The molecule has 0 spiro atoms. The summed E-state index contributed by atoms with van der Waals surface area (Å²) in [6, 6.07) is 4.41. The number of amides is 1. The van der Waals surface area contributed by atoms with Crippen LogP contribution in [0, 0.1) is 0 Å². The van der Waals surface area contributed by atoms with Crippen LogP contribution in [-0.2, 0) is 11.3 Å². The van der Waals surface area contributed by atoms with Crippen molar-refractivity contribution >= 4 is 5.91 Å². The van der Waals surface area contributed by atoms with E-state index in [1.165, 1.54) is 0 Å². The number of unbranched alkanes of at least 4 members (excludes halogenated alkanes) is 1. The van der Waals surface area contributed by atoms with E-state index in [2.05, 4.69) is 4.98 Å². The predicted octanol–water partition coefficient (Wildman–Crippen LogP) is 1.70. The van der Waals surface area contributed by atoms with E-state index in [0.29, 0.717) is 25.6 Å². The molecule has 0 aliphatic heterocycles. The first-order chi connectivity index (χ1) is 8.81. The second-order valence-corrected chi connectivity index (χ2v) is 4.85. The fraction of sp³-hybridized carbons (Fsp3) is 0.571. The van der Waals surface area contributed by atoms with Gasteiger partial charge in [-0.15, -0.1) is 0 Å². The molecule has 1 aliphatic carbocycles. The smallest absolute Gasteiger partial charge is 0.223 e. The van der Waals surface area contributed by atoms with Crippen molar-refractivity contribution in [2.45, 2.75) is 44.7 Å². The van der Waals surface area contributed by atoms with Gasteiger partial charge < -0.3 is 10.6 Å². The van der Waals surface area contributed by atoms with Crippen LogP contribution >= 0.6 is 0 Å². The van der Waals surface area contributed by atoms with Gasteiger partial charge in [-0.1, -0.05) is 0 Å². The van der Waals surface area contributed by atoms with Gasteiger partial charge >= 0.3 is 0 Å². The van der Waals surface area contributed by atoms with Gasteiger partial charge in [0, 0.05) is 31.4 Å². The second-order valence-electron chi connectivity index (χ2n) is 4.85. The van der Waals surface area contributed by atoms with Gasteiger partial charge in [0.05, 0.1) is 0 Å². The van der Waals surface area contributed by atoms with Gasteiger partial charge in [-0.2, -0.15) is 0 Å². The topological polar surface area (TPSA) is 59.2 Å². The number of aromatic nitrogens is 1. The van der Waals surface area contributed by atoms with Crippen molar-refractivity contribution in [1.29, 1.82) is 0 Å². The quantitative estimate of drug-likeness (QED) is 0.746. The summed E-state index contributed by atoms with van der Waals surface area (Å²) in [7, 11) is 0. The van der Waals surface area contributed by atoms with Crippen molar-refractivity contribution in [3.63, 3.8) is 0 Å². The molecule has 4 heteroatoms. The Hall–Kier alpha value is -1.42. The van der Waals surface area contributed by atoms with Crippen LogP contribution in [0.2, 0.25) is 0 Å². The van der Waals surface area contributed by atoms with Crippen molar-refractivity contribution in [2.24, 2.45) is 5.73 Å². The summed E-state index contributed by atoms with van der Waals surface area (Å²) in [5, 5.41) is 0. The summed E-state index contributed by atoms with van der Waals surface area (Å²) < 4.78 is 0. The van der Waals surface area contributed by atoms with Crippen LogP contribution in [0.25, 0.3) is 0 Å². The summed E-state index contributed by atoms with van der Waals surface area (Å²) in [6.07, 6.45) is 8.30. The Morgan fingerprint density at radius 3 is 2.67 bits per heavy atom. The lowest BCUT2D eigenvalue weighted by Crippen LogP contribution is -2.32. The number of hydrogen-bond donors (Lipinski definition) is 1. The maximum atomic E-state index is 12.2. The molecule has 1 amide bonds.